The number of hydrogen-bond acceptors (Lipinski definition) is 6. The molecule has 2 amide bonds. The van der Waals surface area contributed by atoms with Crippen LogP contribution in [0.4, 0.5) is 4.79 Å². The highest BCUT2D eigenvalue weighted by molar-refractivity contribution is 7.89. The second-order valence-corrected chi connectivity index (χ2v) is 11.2. The molecule has 0 spiro atoms. The number of rotatable bonds is 6. The summed E-state index contributed by atoms with van der Waals surface area (Å²) in [6, 6.07) is 18.6. The van der Waals surface area contributed by atoms with Crippen LogP contribution in [0.1, 0.15) is 29.2 Å². The van der Waals surface area contributed by atoms with Crippen molar-refractivity contribution < 1.29 is 22.7 Å². The highest BCUT2D eigenvalue weighted by Crippen LogP contribution is 2.35. The minimum absolute atomic E-state index is 0.0361. The Morgan fingerprint density at radius 3 is 2.24 bits per heavy atom. The summed E-state index contributed by atoms with van der Waals surface area (Å²) >= 11 is 0. The first-order valence-corrected chi connectivity index (χ1v) is 13.9. The Morgan fingerprint density at radius 1 is 1.00 bits per heavy atom. The number of amides is 2. The van der Waals surface area contributed by atoms with Gasteiger partial charge < -0.3 is 14.8 Å². The number of ether oxygens (including phenoxy) is 2. The van der Waals surface area contributed by atoms with Gasteiger partial charge in [-0.15, -0.1) is 0 Å². The predicted octanol–water partition coefficient (Wildman–Crippen LogP) is 4.25. The first-order chi connectivity index (χ1) is 17.6. The van der Waals surface area contributed by atoms with E-state index < -0.39 is 9.84 Å². The third-order valence-electron chi connectivity index (χ3n) is 6.33. The maximum absolute atomic E-state index is 12.7. The molecule has 9 heteroatoms. The number of nitrogens with one attached hydrogen (secondary N) is 1. The molecule has 8 nitrogen and oxygen atoms in total. The van der Waals surface area contributed by atoms with E-state index in [0.717, 1.165) is 33.4 Å². The molecule has 37 heavy (non-hydrogen) atoms. The monoisotopic (exact) mass is 521 g/mol. The minimum atomic E-state index is -3.19. The van der Waals surface area contributed by atoms with Crippen LogP contribution in [0.2, 0.25) is 0 Å². The molecule has 0 saturated carbocycles. The van der Waals surface area contributed by atoms with Gasteiger partial charge in [-0.2, -0.15) is 5.10 Å². The van der Waals surface area contributed by atoms with Crippen molar-refractivity contribution in [3.05, 3.63) is 82.9 Å². The van der Waals surface area contributed by atoms with Gasteiger partial charge in [0.25, 0.3) is 0 Å². The molecule has 4 rings (SSSR count). The molecule has 0 fully saturated rings. The fraction of sp³-hybridized carbons (Fsp3) is 0.286. The molecule has 1 atom stereocenters. The summed E-state index contributed by atoms with van der Waals surface area (Å²) in [5, 5.41) is 8.94. The molecule has 0 saturated heterocycles. The molecule has 1 N–H and O–H groups in total. The SMILES string of the molecule is CNC(=O)N1N=C(c2ccc(-c3ccccc3CS(C)(=O)=O)cc2)c2cc(OC)c(OC)cc2CC1C. The van der Waals surface area contributed by atoms with Crippen LogP contribution >= 0.6 is 0 Å². The van der Waals surface area contributed by atoms with Crippen molar-refractivity contribution in [1.82, 2.24) is 10.3 Å². The highest BCUT2D eigenvalue weighted by Gasteiger charge is 2.28. The normalized spacial score (nSPS) is 15.3. The standard InChI is InChI=1S/C28H31N3O5S/c1-18-14-22-15-25(35-3)26(36-4)16-24(22)27(30-31(18)28(32)29-2)20-12-10-19(11-13-20)23-9-7-6-8-21(23)17-37(5,33)34/h6-13,15-16,18H,14,17H2,1-5H3,(H,29,32). The van der Waals surface area contributed by atoms with Crippen LogP contribution in [-0.2, 0) is 22.0 Å². The van der Waals surface area contributed by atoms with Crippen molar-refractivity contribution in [3.63, 3.8) is 0 Å². The van der Waals surface area contributed by atoms with E-state index in [1.807, 2.05) is 67.6 Å². The lowest BCUT2D eigenvalue weighted by atomic mass is 9.92. The number of methoxy groups -OCH3 is 2. The fourth-order valence-electron chi connectivity index (χ4n) is 4.57. The van der Waals surface area contributed by atoms with Gasteiger partial charge in [0.05, 0.1) is 31.7 Å². The zero-order valence-electron chi connectivity index (χ0n) is 21.6. The summed E-state index contributed by atoms with van der Waals surface area (Å²) in [5.74, 6) is 1.14. The average molecular weight is 522 g/mol. The molecule has 0 bridgehead atoms. The molecule has 1 aliphatic heterocycles. The molecule has 0 aromatic heterocycles. The van der Waals surface area contributed by atoms with Crippen molar-refractivity contribution in [2.45, 2.75) is 25.1 Å². The van der Waals surface area contributed by atoms with Gasteiger partial charge >= 0.3 is 6.03 Å². The summed E-state index contributed by atoms with van der Waals surface area (Å²) < 4.78 is 35.0. The molecule has 1 heterocycles. The Kier molecular flexibility index (Phi) is 7.54. The third kappa shape index (κ3) is 5.61. The zero-order chi connectivity index (χ0) is 26.7. The van der Waals surface area contributed by atoms with Crippen LogP contribution < -0.4 is 14.8 Å². The van der Waals surface area contributed by atoms with Crippen LogP contribution in [0.25, 0.3) is 11.1 Å². The van der Waals surface area contributed by atoms with Gasteiger partial charge in [0.2, 0.25) is 0 Å². The highest BCUT2D eigenvalue weighted by atomic mass is 32.2. The largest absolute Gasteiger partial charge is 0.493 e. The minimum Gasteiger partial charge on any atom is -0.493 e. The summed E-state index contributed by atoms with van der Waals surface area (Å²) in [7, 11) is 1.57. The van der Waals surface area contributed by atoms with Crippen molar-refractivity contribution in [2.75, 3.05) is 27.5 Å². The molecule has 1 unspecified atom stereocenters. The third-order valence-corrected chi connectivity index (χ3v) is 7.17. The first kappa shape index (κ1) is 26.2. The van der Waals surface area contributed by atoms with Crippen molar-refractivity contribution in [1.29, 1.82) is 0 Å². The molecule has 0 radical (unpaired) electrons. The summed E-state index contributed by atoms with van der Waals surface area (Å²) in [6.45, 7) is 1.95. The van der Waals surface area contributed by atoms with Crippen LogP contribution in [0.3, 0.4) is 0 Å². The summed E-state index contributed by atoms with van der Waals surface area (Å²) in [6.07, 6.45) is 1.81. The summed E-state index contributed by atoms with van der Waals surface area (Å²) in [5.41, 5.74) is 5.75. The number of sulfone groups is 1. The molecule has 1 aliphatic rings. The number of fused-ring (bicyclic) bond motifs is 1. The van der Waals surface area contributed by atoms with Crippen molar-refractivity contribution in [2.24, 2.45) is 5.10 Å². The first-order valence-electron chi connectivity index (χ1n) is 11.9. The smallest absolute Gasteiger partial charge is 0.337 e. The number of carbonyl (C=O) groups excluding carboxylic acids is 1. The topological polar surface area (TPSA) is 97.3 Å². The molecular formula is C28H31N3O5S. The van der Waals surface area contributed by atoms with E-state index in [1.165, 1.54) is 11.3 Å². The Balaban J connectivity index is 1.84. The van der Waals surface area contributed by atoms with Crippen molar-refractivity contribution in [3.8, 4) is 22.6 Å². The van der Waals surface area contributed by atoms with Crippen LogP contribution in [-0.4, -0.2) is 58.7 Å². The van der Waals surface area contributed by atoms with Crippen LogP contribution in [0, 0.1) is 0 Å². The van der Waals surface area contributed by atoms with E-state index in [2.05, 4.69) is 5.32 Å². The van der Waals surface area contributed by atoms with Gasteiger partial charge in [-0.3, -0.25) is 0 Å². The van der Waals surface area contributed by atoms with Gasteiger partial charge in [0.1, 0.15) is 0 Å². The number of urea groups is 1. The molecule has 0 aliphatic carbocycles. The molecular weight excluding hydrogens is 490 g/mol. The lowest BCUT2D eigenvalue weighted by molar-refractivity contribution is 0.184. The van der Waals surface area contributed by atoms with Gasteiger partial charge in [-0.1, -0.05) is 48.5 Å². The number of carbonyl (C=O) groups is 1. The lowest BCUT2D eigenvalue weighted by Crippen LogP contribution is -2.41. The van der Waals surface area contributed by atoms with Gasteiger partial charge in [-0.25, -0.2) is 18.2 Å². The second-order valence-electron chi connectivity index (χ2n) is 9.07. The summed E-state index contributed by atoms with van der Waals surface area (Å²) in [4.78, 5) is 12.7. The lowest BCUT2D eigenvalue weighted by Gasteiger charge is -2.22. The Labute approximate surface area is 217 Å². The van der Waals surface area contributed by atoms with E-state index in [-0.39, 0.29) is 17.8 Å². The Hall–Kier alpha value is -3.85. The Bertz CT molecular complexity index is 1450. The number of nitrogens with zero attached hydrogens (tertiary/aromatic N) is 2. The van der Waals surface area contributed by atoms with E-state index in [0.29, 0.717) is 23.6 Å². The van der Waals surface area contributed by atoms with E-state index in [9.17, 15) is 13.2 Å². The van der Waals surface area contributed by atoms with Crippen LogP contribution in [0.15, 0.2) is 65.8 Å². The fourth-order valence-corrected chi connectivity index (χ4v) is 5.38. The van der Waals surface area contributed by atoms with E-state index >= 15 is 0 Å². The predicted molar refractivity (Wildman–Crippen MR) is 145 cm³/mol. The van der Waals surface area contributed by atoms with E-state index in [4.69, 9.17) is 14.6 Å². The number of hydrogen-bond donors (Lipinski definition) is 1. The van der Waals surface area contributed by atoms with Crippen molar-refractivity contribution >= 4 is 21.6 Å². The van der Waals surface area contributed by atoms with Gasteiger partial charge in [-0.05, 0) is 47.7 Å². The van der Waals surface area contributed by atoms with Gasteiger partial charge in [0, 0.05) is 24.4 Å². The van der Waals surface area contributed by atoms with Gasteiger partial charge in [0.15, 0.2) is 21.3 Å². The quantitative estimate of drug-likeness (QED) is 0.523. The van der Waals surface area contributed by atoms with Crippen LogP contribution in [0.5, 0.6) is 11.5 Å². The maximum Gasteiger partial charge on any atom is 0.337 e. The molecule has 194 valence electrons. The average Bonchev–Trinajstić information content (AvgIpc) is 3.02. The van der Waals surface area contributed by atoms with E-state index in [1.54, 1.807) is 21.3 Å². The maximum atomic E-state index is 12.7. The number of hydrazone groups is 1. The Morgan fingerprint density at radius 2 is 1.62 bits per heavy atom. The second kappa shape index (κ2) is 10.6. The molecule has 3 aromatic rings. The molecule has 3 aromatic carbocycles. The number of benzene rings is 3. The zero-order valence-corrected chi connectivity index (χ0v) is 22.4.